The van der Waals surface area contributed by atoms with E-state index in [1.807, 2.05) is 0 Å². The summed E-state index contributed by atoms with van der Waals surface area (Å²) in [5.41, 5.74) is 0. The minimum Gasteiger partial charge on any atom is -0.492 e. The fraction of sp³-hybridized carbons (Fsp3) is 0.278. The van der Waals surface area contributed by atoms with Crippen LogP contribution in [0.15, 0.2) is 48.5 Å². The van der Waals surface area contributed by atoms with Gasteiger partial charge in [0.1, 0.15) is 18.2 Å². The van der Waals surface area contributed by atoms with E-state index in [2.05, 4.69) is 0 Å². The molecule has 0 aromatic heterocycles. The highest BCUT2D eigenvalue weighted by Crippen LogP contribution is 2.15. The Morgan fingerprint density at radius 1 is 1.00 bits per heavy atom. The van der Waals surface area contributed by atoms with Gasteiger partial charge in [-0.15, -0.1) is 0 Å². The fourth-order valence-corrected chi connectivity index (χ4v) is 1.96. The molecule has 24 heavy (non-hydrogen) atoms. The largest absolute Gasteiger partial charge is 0.492 e. The number of halogens is 2. The van der Waals surface area contributed by atoms with Gasteiger partial charge in [0.05, 0.1) is 19.6 Å². The predicted molar refractivity (Wildman–Crippen MR) is 86.0 cm³/mol. The first-order valence-electron chi connectivity index (χ1n) is 7.56. The van der Waals surface area contributed by atoms with E-state index >= 15 is 0 Å². The van der Waals surface area contributed by atoms with Gasteiger partial charge in [0, 0.05) is 7.05 Å². The molecule has 0 spiro atoms. The van der Waals surface area contributed by atoms with E-state index in [-0.39, 0.29) is 30.5 Å². The number of ether oxygens (including phenoxy) is 2. The van der Waals surface area contributed by atoms with Crippen LogP contribution in [0.25, 0.3) is 0 Å². The SMILES string of the molecule is CN(CCOc1ccc(F)cc1)C(=O)CCOc1ccccc1F. The van der Waals surface area contributed by atoms with Crippen molar-refractivity contribution in [3.63, 3.8) is 0 Å². The van der Waals surface area contributed by atoms with Crippen LogP contribution in [0, 0.1) is 11.6 Å². The molecule has 1 amide bonds. The number of benzene rings is 2. The zero-order valence-electron chi connectivity index (χ0n) is 13.4. The number of nitrogens with zero attached hydrogens (tertiary/aromatic N) is 1. The van der Waals surface area contributed by atoms with E-state index in [9.17, 15) is 13.6 Å². The van der Waals surface area contributed by atoms with Crippen molar-refractivity contribution in [2.45, 2.75) is 6.42 Å². The van der Waals surface area contributed by atoms with Crippen molar-refractivity contribution < 1.29 is 23.0 Å². The summed E-state index contributed by atoms with van der Waals surface area (Å²) in [5, 5.41) is 0. The summed E-state index contributed by atoms with van der Waals surface area (Å²) in [5.74, 6) is -0.239. The molecular formula is C18H19F2NO3. The summed E-state index contributed by atoms with van der Waals surface area (Å²) in [4.78, 5) is 13.5. The van der Waals surface area contributed by atoms with E-state index < -0.39 is 5.82 Å². The first-order valence-corrected chi connectivity index (χ1v) is 7.56. The number of hydrogen-bond acceptors (Lipinski definition) is 3. The van der Waals surface area contributed by atoms with Gasteiger partial charge in [-0.1, -0.05) is 12.1 Å². The Kier molecular flexibility index (Phi) is 6.54. The zero-order chi connectivity index (χ0) is 17.4. The minimum atomic E-state index is -0.453. The van der Waals surface area contributed by atoms with E-state index in [1.165, 1.54) is 41.3 Å². The maximum atomic E-state index is 13.4. The number of amides is 1. The fourth-order valence-electron chi connectivity index (χ4n) is 1.96. The molecule has 2 aromatic carbocycles. The molecular weight excluding hydrogens is 316 g/mol. The van der Waals surface area contributed by atoms with Crippen LogP contribution >= 0.6 is 0 Å². The monoisotopic (exact) mass is 335 g/mol. The molecule has 0 unspecified atom stereocenters. The van der Waals surface area contributed by atoms with E-state index in [0.717, 1.165) is 0 Å². The standard InChI is InChI=1S/C18H19F2NO3/c1-21(11-13-23-15-8-6-14(19)7-9-15)18(22)10-12-24-17-5-3-2-4-16(17)20/h2-9H,10-13H2,1H3. The molecule has 0 fully saturated rings. The Balaban J connectivity index is 1.66. The number of hydrogen-bond donors (Lipinski definition) is 0. The van der Waals surface area contributed by atoms with Crippen molar-refractivity contribution >= 4 is 5.91 Å². The van der Waals surface area contributed by atoms with Gasteiger partial charge in [-0.25, -0.2) is 8.78 Å². The second-order valence-electron chi connectivity index (χ2n) is 5.15. The summed E-state index contributed by atoms with van der Waals surface area (Å²) in [6.07, 6.45) is 0.140. The molecule has 4 nitrogen and oxygen atoms in total. The number of para-hydroxylation sites is 1. The first-order chi connectivity index (χ1) is 11.6. The van der Waals surface area contributed by atoms with Crippen molar-refractivity contribution in [3.8, 4) is 11.5 Å². The molecule has 0 aliphatic carbocycles. The first kappa shape index (κ1) is 17.7. The summed E-state index contributed by atoms with van der Waals surface area (Å²) in [6.45, 7) is 0.779. The van der Waals surface area contributed by atoms with Crippen molar-refractivity contribution in [3.05, 3.63) is 60.2 Å². The van der Waals surface area contributed by atoms with Gasteiger partial charge in [-0.2, -0.15) is 0 Å². The van der Waals surface area contributed by atoms with Crippen molar-refractivity contribution in [2.24, 2.45) is 0 Å². The number of rotatable bonds is 8. The second kappa shape index (κ2) is 8.86. The van der Waals surface area contributed by atoms with Gasteiger partial charge >= 0.3 is 0 Å². The van der Waals surface area contributed by atoms with Crippen LogP contribution in [0.4, 0.5) is 8.78 Å². The number of carbonyl (C=O) groups is 1. The maximum Gasteiger partial charge on any atom is 0.225 e. The Bertz CT molecular complexity index is 662. The molecule has 0 saturated carbocycles. The lowest BCUT2D eigenvalue weighted by Gasteiger charge is -2.17. The topological polar surface area (TPSA) is 38.8 Å². The quantitative estimate of drug-likeness (QED) is 0.743. The number of likely N-dealkylation sites (N-methyl/N-ethyl adjacent to an activating group) is 1. The van der Waals surface area contributed by atoms with Gasteiger partial charge in [-0.05, 0) is 36.4 Å². The molecule has 2 aromatic rings. The molecule has 0 atom stereocenters. The predicted octanol–water partition coefficient (Wildman–Crippen LogP) is 3.27. The van der Waals surface area contributed by atoms with E-state index in [1.54, 1.807) is 19.2 Å². The average molecular weight is 335 g/mol. The van der Waals surface area contributed by atoms with Crippen LogP contribution in [-0.2, 0) is 4.79 Å². The van der Waals surface area contributed by atoms with Crippen molar-refractivity contribution in [1.29, 1.82) is 0 Å². The maximum absolute atomic E-state index is 13.4. The molecule has 0 heterocycles. The van der Waals surface area contributed by atoms with Gasteiger partial charge < -0.3 is 14.4 Å². The summed E-state index contributed by atoms with van der Waals surface area (Å²) in [7, 11) is 1.65. The smallest absolute Gasteiger partial charge is 0.225 e. The highest BCUT2D eigenvalue weighted by Gasteiger charge is 2.10. The highest BCUT2D eigenvalue weighted by molar-refractivity contribution is 5.75. The molecule has 2 rings (SSSR count). The van der Waals surface area contributed by atoms with Crippen LogP contribution in [0.2, 0.25) is 0 Å². The molecule has 0 aliphatic heterocycles. The third-order valence-electron chi connectivity index (χ3n) is 3.34. The molecule has 0 bridgehead atoms. The Morgan fingerprint density at radius 3 is 2.42 bits per heavy atom. The molecule has 6 heteroatoms. The summed E-state index contributed by atoms with van der Waals surface area (Å²) < 4.78 is 36.8. The van der Waals surface area contributed by atoms with E-state index in [0.29, 0.717) is 18.9 Å². The molecule has 0 saturated heterocycles. The van der Waals surface area contributed by atoms with Crippen LogP contribution < -0.4 is 9.47 Å². The molecule has 0 N–H and O–H groups in total. The molecule has 0 aliphatic rings. The Morgan fingerprint density at radius 2 is 1.71 bits per heavy atom. The lowest BCUT2D eigenvalue weighted by atomic mass is 10.3. The third kappa shape index (κ3) is 5.53. The van der Waals surface area contributed by atoms with Gasteiger partial charge in [0.15, 0.2) is 11.6 Å². The molecule has 0 radical (unpaired) electrons. The summed E-state index contributed by atoms with van der Waals surface area (Å²) in [6, 6.07) is 11.7. The highest BCUT2D eigenvalue weighted by atomic mass is 19.1. The van der Waals surface area contributed by atoms with Gasteiger partial charge in [0.2, 0.25) is 5.91 Å². The van der Waals surface area contributed by atoms with Crippen LogP contribution in [0.5, 0.6) is 11.5 Å². The normalized spacial score (nSPS) is 10.3. The van der Waals surface area contributed by atoms with Crippen LogP contribution in [0.1, 0.15) is 6.42 Å². The lowest BCUT2D eigenvalue weighted by molar-refractivity contribution is -0.130. The third-order valence-corrected chi connectivity index (χ3v) is 3.34. The van der Waals surface area contributed by atoms with Crippen molar-refractivity contribution in [1.82, 2.24) is 4.90 Å². The lowest BCUT2D eigenvalue weighted by Crippen LogP contribution is -2.31. The van der Waals surface area contributed by atoms with Gasteiger partial charge in [-0.3, -0.25) is 4.79 Å². The van der Waals surface area contributed by atoms with Crippen molar-refractivity contribution in [2.75, 3.05) is 26.8 Å². The minimum absolute atomic E-state index is 0.100. The second-order valence-corrected chi connectivity index (χ2v) is 5.15. The molecule has 128 valence electrons. The van der Waals surface area contributed by atoms with Gasteiger partial charge in [0.25, 0.3) is 0 Å². The van der Waals surface area contributed by atoms with Crippen LogP contribution in [-0.4, -0.2) is 37.6 Å². The Labute approximate surface area is 139 Å². The van der Waals surface area contributed by atoms with E-state index in [4.69, 9.17) is 9.47 Å². The Hall–Kier alpha value is -2.63. The number of carbonyl (C=O) groups excluding carboxylic acids is 1. The zero-order valence-corrected chi connectivity index (χ0v) is 13.4. The summed E-state index contributed by atoms with van der Waals surface area (Å²) >= 11 is 0. The average Bonchev–Trinajstić information content (AvgIpc) is 2.58. The van der Waals surface area contributed by atoms with Crippen LogP contribution in [0.3, 0.4) is 0 Å².